The maximum absolute atomic E-state index is 11.1. The third kappa shape index (κ3) is 4.70. The minimum atomic E-state index is -0.568. The molecular formula is C10H18N2O2. The molecular weight excluding hydrogens is 180 g/mol. The Morgan fingerprint density at radius 1 is 1.57 bits per heavy atom. The second-order valence-electron chi connectivity index (χ2n) is 3.30. The molecule has 0 saturated heterocycles. The lowest BCUT2D eigenvalue weighted by molar-refractivity contribution is 0.104. The van der Waals surface area contributed by atoms with Crippen LogP contribution in [0.5, 0.6) is 0 Å². The molecule has 0 aromatic rings. The fourth-order valence-corrected chi connectivity index (χ4v) is 1.14. The SMILES string of the molecule is CCCC(CC)COC(=O)N(C)C#N. The second-order valence-corrected chi connectivity index (χ2v) is 3.30. The maximum Gasteiger partial charge on any atom is 0.422 e. The molecule has 0 aliphatic heterocycles. The topological polar surface area (TPSA) is 53.3 Å². The lowest BCUT2D eigenvalue weighted by Crippen LogP contribution is -2.24. The molecule has 0 rings (SSSR count). The van der Waals surface area contributed by atoms with Crippen LogP contribution in [0.2, 0.25) is 0 Å². The first kappa shape index (κ1) is 12.8. The third-order valence-corrected chi connectivity index (χ3v) is 2.14. The molecule has 14 heavy (non-hydrogen) atoms. The molecule has 0 bridgehead atoms. The molecule has 0 aromatic carbocycles. The van der Waals surface area contributed by atoms with Crippen molar-refractivity contribution in [3.05, 3.63) is 0 Å². The Hall–Kier alpha value is -1.24. The van der Waals surface area contributed by atoms with E-state index in [4.69, 9.17) is 10.00 Å². The highest BCUT2D eigenvalue weighted by atomic mass is 16.6. The molecule has 1 atom stereocenters. The Labute approximate surface area is 85.5 Å². The first-order valence-electron chi connectivity index (χ1n) is 4.95. The third-order valence-electron chi connectivity index (χ3n) is 2.14. The molecule has 1 amide bonds. The number of carbonyl (C=O) groups is 1. The van der Waals surface area contributed by atoms with E-state index >= 15 is 0 Å². The van der Waals surface area contributed by atoms with E-state index in [9.17, 15) is 4.79 Å². The Morgan fingerprint density at radius 3 is 2.64 bits per heavy atom. The van der Waals surface area contributed by atoms with Gasteiger partial charge in [0.15, 0.2) is 6.19 Å². The van der Waals surface area contributed by atoms with Crippen LogP contribution in [0.3, 0.4) is 0 Å². The van der Waals surface area contributed by atoms with Gasteiger partial charge in [0.25, 0.3) is 0 Å². The van der Waals surface area contributed by atoms with E-state index in [1.54, 1.807) is 6.19 Å². The molecule has 0 aromatic heterocycles. The molecule has 0 aliphatic carbocycles. The zero-order chi connectivity index (χ0) is 11.0. The number of carbonyl (C=O) groups excluding carboxylic acids is 1. The summed E-state index contributed by atoms with van der Waals surface area (Å²) in [4.78, 5) is 12.0. The van der Waals surface area contributed by atoms with Crippen molar-refractivity contribution in [2.24, 2.45) is 5.92 Å². The van der Waals surface area contributed by atoms with Crippen LogP contribution in [0.25, 0.3) is 0 Å². The van der Waals surface area contributed by atoms with Crippen LogP contribution in [-0.4, -0.2) is 24.6 Å². The molecule has 0 N–H and O–H groups in total. The lowest BCUT2D eigenvalue weighted by atomic mass is 10.0. The van der Waals surface area contributed by atoms with Gasteiger partial charge in [-0.3, -0.25) is 0 Å². The largest absolute Gasteiger partial charge is 0.448 e. The van der Waals surface area contributed by atoms with Crippen molar-refractivity contribution in [2.45, 2.75) is 33.1 Å². The van der Waals surface area contributed by atoms with Crippen LogP contribution < -0.4 is 0 Å². The first-order chi connectivity index (χ1) is 6.65. The van der Waals surface area contributed by atoms with E-state index in [0.29, 0.717) is 12.5 Å². The molecule has 0 spiro atoms. The average Bonchev–Trinajstić information content (AvgIpc) is 2.22. The molecule has 0 radical (unpaired) electrons. The van der Waals surface area contributed by atoms with Crippen LogP contribution in [0.4, 0.5) is 4.79 Å². The highest BCUT2D eigenvalue weighted by Crippen LogP contribution is 2.11. The highest BCUT2D eigenvalue weighted by Gasteiger charge is 2.12. The quantitative estimate of drug-likeness (QED) is 0.503. The number of rotatable bonds is 5. The predicted octanol–water partition coefficient (Wildman–Crippen LogP) is 2.36. The van der Waals surface area contributed by atoms with Gasteiger partial charge in [0.2, 0.25) is 0 Å². The number of nitriles is 1. The predicted molar refractivity (Wildman–Crippen MR) is 53.4 cm³/mol. The van der Waals surface area contributed by atoms with Crippen molar-refractivity contribution in [1.29, 1.82) is 5.26 Å². The number of nitrogens with zero attached hydrogens (tertiary/aromatic N) is 2. The summed E-state index contributed by atoms with van der Waals surface area (Å²) in [6.45, 7) is 4.59. The summed E-state index contributed by atoms with van der Waals surface area (Å²) in [5, 5.41) is 8.41. The summed E-state index contributed by atoms with van der Waals surface area (Å²) in [6.07, 6.45) is 4.27. The van der Waals surface area contributed by atoms with Gasteiger partial charge in [-0.25, -0.2) is 9.69 Å². The summed E-state index contributed by atoms with van der Waals surface area (Å²) < 4.78 is 4.96. The van der Waals surface area contributed by atoms with Crippen LogP contribution in [-0.2, 0) is 4.74 Å². The zero-order valence-corrected chi connectivity index (χ0v) is 9.12. The molecule has 0 fully saturated rings. The molecule has 4 heteroatoms. The average molecular weight is 198 g/mol. The van der Waals surface area contributed by atoms with E-state index in [1.807, 2.05) is 0 Å². The Morgan fingerprint density at radius 2 is 2.21 bits per heavy atom. The minimum absolute atomic E-state index is 0.412. The summed E-state index contributed by atoms with van der Waals surface area (Å²) in [5.41, 5.74) is 0. The van der Waals surface area contributed by atoms with Crippen molar-refractivity contribution >= 4 is 6.09 Å². The van der Waals surface area contributed by atoms with Crippen LogP contribution in [0.1, 0.15) is 33.1 Å². The maximum atomic E-state index is 11.1. The zero-order valence-electron chi connectivity index (χ0n) is 9.12. The van der Waals surface area contributed by atoms with E-state index in [0.717, 1.165) is 24.2 Å². The van der Waals surface area contributed by atoms with Gasteiger partial charge in [0.1, 0.15) is 0 Å². The lowest BCUT2D eigenvalue weighted by Gasteiger charge is -2.15. The molecule has 4 nitrogen and oxygen atoms in total. The monoisotopic (exact) mass is 198 g/mol. The number of hydrogen-bond donors (Lipinski definition) is 0. The van der Waals surface area contributed by atoms with E-state index in [2.05, 4.69) is 13.8 Å². The summed E-state index contributed by atoms with van der Waals surface area (Å²) >= 11 is 0. The summed E-state index contributed by atoms with van der Waals surface area (Å²) in [6, 6.07) is 0. The van der Waals surface area contributed by atoms with E-state index in [-0.39, 0.29) is 0 Å². The number of ether oxygens (including phenoxy) is 1. The molecule has 1 unspecified atom stereocenters. The molecule has 0 aliphatic rings. The van der Waals surface area contributed by atoms with Gasteiger partial charge in [-0.15, -0.1) is 0 Å². The van der Waals surface area contributed by atoms with Gasteiger partial charge in [-0.1, -0.05) is 26.7 Å². The van der Waals surface area contributed by atoms with Crippen LogP contribution in [0, 0.1) is 17.4 Å². The van der Waals surface area contributed by atoms with Crippen LogP contribution >= 0.6 is 0 Å². The fraction of sp³-hybridized carbons (Fsp3) is 0.800. The summed E-state index contributed by atoms with van der Waals surface area (Å²) in [5.74, 6) is 0.413. The minimum Gasteiger partial charge on any atom is -0.448 e. The summed E-state index contributed by atoms with van der Waals surface area (Å²) in [7, 11) is 1.39. The van der Waals surface area contributed by atoms with Crippen molar-refractivity contribution in [3.63, 3.8) is 0 Å². The first-order valence-corrected chi connectivity index (χ1v) is 4.95. The van der Waals surface area contributed by atoms with E-state index in [1.165, 1.54) is 7.05 Å². The van der Waals surface area contributed by atoms with Gasteiger partial charge >= 0.3 is 6.09 Å². The second kappa shape index (κ2) is 7.19. The highest BCUT2D eigenvalue weighted by molar-refractivity contribution is 5.68. The molecule has 0 heterocycles. The Kier molecular flexibility index (Phi) is 6.55. The van der Waals surface area contributed by atoms with Crippen molar-refractivity contribution in [3.8, 4) is 6.19 Å². The Balaban J connectivity index is 3.80. The van der Waals surface area contributed by atoms with Crippen molar-refractivity contribution in [2.75, 3.05) is 13.7 Å². The Bertz CT molecular complexity index is 211. The number of hydrogen-bond acceptors (Lipinski definition) is 3. The van der Waals surface area contributed by atoms with Gasteiger partial charge in [-0.05, 0) is 12.3 Å². The molecule has 80 valence electrons. The van der Waals surface area contributed by atoms with Crippen LogP contribution in [0.15, 0.2) is 0 Å². The van der Waals surface area contributed by atoms with Crippen molar-refractivity contribution < 1.29 is 9.53 Å². The standard InChI is InChI=1S/C10H18N2O2/c1-4-6-9(5-2)7-14-10(13)12(3)8-11/h9H,4-7H2,1-3H3. The normalized spacial score (nSPS) is 11.6. The van der Waals surface area contributed by atoms with Gasteiger partial charge < -0.3 is 4.74 Å². The smallest absolute Gasteiger partial charge is 0.422 e. The van der Waals surface area contributed by atoms with Gasteiger partial charge in [0, 0.05) is 7.05 Å². The number of amides is 1. The van der Waals surface area contributed by atoms with Gasteiger partial charge in [0.05, 0.1) is 6.61 Å². The molecule has 0 saturated carbocycles. The van der Waals surface area contributed by atoms with E-state index < -0.39 is 6.09 Å². The van der Waals surface area contributed by atoms with Crippen molar-refractivity contribution in [1.82, 2.24) is 4.90 Å². The fourth-order valence-electron chi connectivity index (χ4n) is 1.14. The van der Waals surface area contributed by atoms with Gasteiger partial charge in [-0.2, -0.15) is 5.26 Å².